The molecule has 4 rings (SSSR count). The van der Waals surface area contributed by atoms with Crippen LogP contribution in [-0.2, 0) is 4.79 Å². The molecule has 24 heavy (non-hydrogen) atoms. The van der Waals surface area contributed by atoms with Crippen LogP contribution < -0.4 is 15.5 Å². The van der Waals surface area contributed by atoms with E-state index in [1.165, 1.54) is 0 Å². The van der Waals surface area contributed by atoms with Crippen LogP contribution in [0, 0.1) is 11.3 Å². The molecule has 2 aliphatic heterocycles. The van der Waals surface area contributed by atoms with Crippen molar-refractivity contribution in [3.63, 3.8) is 0 Å². The molecule has 6 heteroatoms. The van der Waals surface area contributed by atoms with E-state index in [0.29, 0.717) is 5.57 Å². The summed E-state index contributed by atoms with van der Waals surface area (Å²) in [7, 11) is 0. The van der Waals surface area contributed by atoms with Gasteiger partial charge in [0.1, 0.15) is 17.8 Å². The molecule has 1 aromatic carbocycles. The number of nitrogens with zero attached hydrogens (tertiary/aromatic N) is 1. The smallest absolute Gasteiger partial charge is 0.226 e. The highest BCUT2D eigenvalue weighted by atomic mass is 16.3. The number of carbonyl (C=O) groups is 1. The van der Waals surface area contributed by atoms with E-state index in [0.717, 1.165) is 31.4 Å². The maximum absolute atomic E-state index is 12.4. The van der Waals surface area contributed by atoms with Gasteiger partial charge in [-0.3, -0.25) is 15.5 Å². The van der Waals surface area contributed by atoms with Crippen molar-refractivity contribution in [3.8, 4) is 0 Å². The molecule has 1 aliphatic carbocycles. The van der Waals surface area contributed by atoms with Gasteiger partial charge in [-0.1, -0.05) is 31.0 Å². The van der Waals surface area contributed by atoms with Gasteiger partial charge in [-0.05, 0) is 25.0 Å². The molecule has 0 radical (unpaired) electrons. The molecule has 4 N–H and O–H groups in total. The molecule has 2 fully saturated rings. The molecule has 3 unspecified atom stereocenters. The summed E-state index contributed by atoms with van der Waals surface area (Å²) in [6.45, 7) is 0.264. The number of anilines is 1. The highest BCUT2D eigenvalue weighted by molar-refractivity contribution is 6.12. The van der Waals surface area contributed by atoms with Crippen molar-refractivity contribution >= 4 is 17.4 Å². The van der Waals surface area contributed by atoms with Gasteiger partial charge in [-0.2, -0.15) is 0 Å². The number of para-hydroxylation sites is 1. The Kier molecular flexibility index (Phi) is 3.76. The zero-order valence-electron chi connectivity index (χ0n) is 13.5. The van der Waals surface area contributed by atoms with Crippen LogP contribution >= 0.6 is 0 Å². The van der Waals surface area contributed by atoms with Crippen molar-refractivity contribution in [1.29, 1.82) is 5.41 Å². The second-order valence-electron chi connectivity index (χ2n) is 6.74. The van der Waals surface area contributed by atoms with Crippen LogP contribution in [0.15, 0.2) is 41.7 Å². The number of hydrogen-bond acceptors (Lipinski definition) is 4. The van der Waals surface area contributed by atoms with Gasteiger partial charge in [0, 0.05) is 11.7 Å². The number of benzene rings is 1. The average Bonchev–Trinajstić information content (AvgIpc) is 2.90. The fraction of sp³-hybridized carbons (Fsp3) is 0.444. The van der Waals surface area contributed by atoms with Gasteiger partial charge in [-0.15, -0.1) is 0 Å². The lowest BCUT2D eigenvalue weighted by Crippen LogP contribution is -2.63. The van der Waals surface area contributed by atoms with Gasteiger partial charge in [0.15, 0.2) is 0 Å². The number of amidine groups is 1. The second-order valence-corrected chi connectivity index (χ2v) is 6.74. The van der Waals surface area contributed by atoms with E-state index in [4.69, 9.17) is 5.41 Å². The predicted molar refractivity (Wildman–Crippen MR) is 92.0 cm³/mol. The molecule has 1 saturated heterocycles. The summed E-state index contributed by atoms with van der Waals surface area (Å²) in [5.74, 6) is 0.440. The van der Waals surface area contributed by atoms with E-state index < -0.39 is 6.17 Å². The number of rotatable bonds is 2. The van der Waals surface area contributed by atoms with E-state index >= 15 is 0 Å². The van der Waals surface area contributed by atoms with E-state index in [1.54, 1.807) is 4.90 Å². The molecular weight excluding hydrogens is 304 g/mol. The molecule has 1 saturated carbocycles. The minimum atomic E-state index is -0.488. The monoisotopic (exact) mass is 326 g/mol. The van der Waals surface area contributed by atoms with Gasteiger partial charge < -0.3 is 15.3 Å². The summed E-state index contributed by atoms with van der Waals surface area (Å²) >= 11 is 0. The Morgan fingerprint density at radius 1 is 1.17 bits per heavy atom. The van der Waals surface area contributed by atoms with Crippen molar-refractivity contribution in [2.75, 3.05) is 11.4 Å². The number of amides is 1. The van der Waals surface area contributed by atoms with Crippen molar-refractivity contribution in [1.82, 2.24) is 10.6 Å². The van der Waals surface area contributed by atoms with Crippen LogP contribution in [0.5, 0.6) is 0 Å². The molecular formula is C18H22N4O2. The highest BCUT2D eigenvalue weighted by Gasteiger charge is 2.42. The molecule has 0 spiro atoms. The number of carbonyl (C=O) groups excluding carboxylic acids is 1. The number of aliphatic hydroxyl groups is 1. The van der Waals surface area contributed by atoms with E-state index in [2.05, 4.69) is 10.6 Å². The van der Waals surface area contributed by atoms with Gasteiger partial charge >= 0.3 is 0 Å². The van der Waals surface area contributed by atoms with Crippen LogP contribution in [0.1, 0.15) is 25.7 Å². The van der Waals surface area contributed by atoms with Gasteiger partial charge in [0.05, 0.1) is 18.0 Å². The van der Waals surface area contributed by atoms with Crippen LogP contribution in [0.25, 0.3) is 0 Å². The summed E-state index contributed by atoms with van der Waals surface area (Å²) in [6, 6.07) is 9.69. The SMILES string of the molecule is N=C1C(C2NC(=O)C3CCCCC3N2)=C(O)CN1c1ccccc1. The molecule has 0 bridgehead atoms. The molecule has 6 nitrogen and oxygen atoms in total. The molecule has 3 aliphatic rings. The zero-order chi connectivity index (χ0) is 16.7. The summed E-state index contributed by atoms with van der Waals surface area (Å²) in [4.78, 5) is 14.2. The maximum Gasteiger partial charge on any atom is 0.226 e. The second kappa shape index (κ2) is 5.94. The van der Waals surface area contributed by atoms with Crippen LogP contribution in [-0.4, -0.2) is 35.6 Å². The fourth-order valence-electron chi connectivity index (χ4n) is 4.03. The van der Waals surface area contributed by atoms with Crippen LogP contribution in [0.3, 0.4) is 0 Å². The average molecular weight is 326 g/mol. The topological polar surface area (TPSA) is 88.5 Å². The third-order valence-electron chi connectivity index (χ3n) is 5.27. The number of aliphatic hydroxyl groups excluding tert-OH is 1. The molecule has 126 valence electrons. The molecule has 0 aromatic heterocycles. The van der Waals surface area contributed by atoms with E-state index in [-0.39, 0.29) is 36.0 Å². The largest absolute Gasteiger partial charge is 0.510 e. The standard InChI is InChI=1S/C18H22N4O2/c19-16-15(14(23)10-22(16)11-6-2-1-3-7-11)17-20-13-9-5-4-8-12(13)18(24)21-17/h1-3,6-7,12-13,17,19-20,23H,4-5,8-10H2,(H,21,24). The number of hydrogen-bond donors (Lipinski definition) is 4. The Morgan fingerprint density at radius 2 is 1.92 bits per heavy atom. The number of fused-ring (bicyclic) bond motifs is 1. The Hall–Kier alpha value is -2.34. The maximum atomic E-state index is 12.4. The summed E-state index contributed by atoms with van der Waals surface area (Å²) in [5.41, 5.74) is 1.35. The van der Waals surface area contributed by atoms with E-state index in [9.17, 15) is 9.90 Å². The Bertz CT molecular complexity index is 700. The molecule has 1 amide bonds. The lowest BCUT2D eigenvalue weighted by atomic mass is 9.82. The summed E-state index contributed by atoms with van der Waals surface area (Å²) < 4.78 is 0. The van der Waals surface area contributed by atoms with Crippen LogP contribution in [0.2, 0.25) is 0 Å². The fourth-order valence-corrected chi connectivity index (χ4v) is 4.03. The lowest BCUT2D eigenvalue weighted by Gasteiger charge is -2.40. The van der Waals surface area contributed by atoms with Crippen LogP contribution in [0.4, 0.5) is 5.69 Å². The Balaban J connectivity index is 1.56. The van der Waals surface area contributed by atoms with Crippen molar-refractivity contribution in [3.05, 3.63) is 41.7 Å². The summed E-state index contributed by atoms with van der Waals surface area (Å²) in [6.07, 6.45) is 3.60. The van der Waals surface area contributed by atoms with Gasteiger partial charge in [0.25, 0.3) is 0 Å². The Morgan fingerprint density at radius 3 is 2.71 bits per heavy atom. The molecule has 2 heterocycles. The van der Waals surface area contributed by atoms with Gasteiger partial charge in [0.2, 0.25) is 5.91 Å². The predicted octanol–water partition coefficient (Wildman–Crippen LogP) is 1.90. The first-order valence-corrected chi connectivity index (χ1v) is 8.55. The minimum absolute atomic E-state index is 0.0126. The molecule has 1 aromatic rings. The first-order chi connectivity index (χ1) is 11.6. The third kappa shape index (κ3) is 2.47. The van der Waals surface area contributed by atoms with Crippen molar-refractivity contribution in [2.24, 2.45) is 5.92 Å². The highest BCUT2D eigenvalue weighted by Crippen LogP contribution is 2.31. The van der Waals surface area contributed by atoms with Crippen molar-refractivity contribution in [2.45, 2.75) is 37.9 Å². The quantitative estimate of drug-likeness (QED) is 0.668. The normalized spacial score (nSPS) is 30.3. The van der Waals surface area contributed by atoms with Crippen molar-refractivity contribution < 1.29 is 9.90 Å². The van der Waals surface area contributed by atoms with E-state index in [1.807, 2.05) is 30.3 Å². The number of nitrogens with one attached hydrogen (secondary N) is 3. The first kappa shape index (κ1) is 15.2. The Labute approximate surface area is 141 Å². The first-order valence-electron chi connectivity index (χ1n) is 8.55. The third-order valence-corrected chi connectivity index (χ3v) is 5.27. The molecule has 3 atom stereocenters. The lowest BCUT2D eigenvalue weighted by molar-refractivity contribution is -0.130. The minimum Gasteiger partial charge on any atom is -0.510 e. The summed E-state index contributed by atoms with van der Waals surface area (Å²) in [5, 5.41) is 25.3. The van der Waals surface area contributed by atoms with Gasteiger partial charge in [-0.25, -0.2) is 0 Å². The zero-order valence-corrected chi connectivity index (χ0v) is 13.5.